The monoisotopic (exact) mass is 373 g/mol. The zero-order valence-corrected chi connectivity index (χ0v) is 14.9. The van der Waals surface area contributed by atoms with E-state index in [0.717, 1.165) is 26.9 Å². The molecule has 0 fully saturated rings. The van der Waals surface area contributed by atoms with Gasteiger partial charge in [-0.25, -0.2) is 0 Å². The molecule has 0 aliphatic heterocycles. The Morgan fingerprint density at radius 3 is 2.64 bits per heavy atom. The summed E-state index contributed by atoms with van der Waals surface area (Å²) < 4.78 is 3.23. The van der Waals surface area contributed by atoms with Crippen molar-refractivity contribution in [1.82, 2.24) is 14.8 Å². The molecule has 0 aliphatic carbocycles. The van der Waals surface area contributed by atoms with Crippen LogP contribution >= 0.6 is 27.7 Å². The molecule has 3 aromatic rings. The number of benzene rings is 2. The van der Waals surface area contributed by atoms with Gasteiger partial charge in [-0.3, -0.25) is 4.57 Å². The van der Waals surface area contributed by atoms with Crippen LogP contribution in [0.15, 0.2) is 58.2 Å². The van der Waals surface area contributed by atoms with Crippen molar-refractivity contribution in [2.75, 3.05) is 0 Å². The van der Waals surface area contributed by atoms with E-state index in [1.807, 2.05) is 13.0 Å². The largest absolute Gasteiger partial charge is 0.274 e. The highest BCUT2D eigenvalue weighted by Crippen LogP contribution is 2.28. The van der Waals surface area contributed by atoms with Gasteiger partial charge in [0.1, 0.15) is 5.82 Å². The van der Waals surface area contributed by atoms with Gasteiger partial charge in [0.15, 0.2) is 5.16 Å². The summed E-state index contributed by atoms with van der Waals surface area (Å²) in [5, 5.41) is 9.48. The number of hydrogen-bond acceptors (Lipinski definition) is 3. The predicted molar refractivity (Wildman–Crippen MR) is 94.5 cm³/mol. The molecule has 1 aromatic heterocycles. The number of rotatable bonds is 4. The lowest BCUT2D eigenvalue weighted by Gasteiger charge is -2.09. The molecule has 0 saturated carbocycles. The Hall–Kier alpha value is -1.59. The van der Waals surface area contributed by atoms with Gasteiger partial charge in [-0.15, -0.1) is 10.2 Å². The van der Waals surface area contributed by atoms with Crippen molar-refractivity contribution in [1.29, 1.82) is 0 Å². The Labute approximate surface area is 142 Å². The second-order valence-corrected chi connectivity index (χ2v) is 6.88. The maximum absolute atomic E-state index is 4.33. The van der Waals surface area contributed by atoms with Crippen LogP contribution in [-0.4, -0.2) is 14.8 Å². The van der Waals surface area contributed by atoms with Crippen LogP contribution in [0.2, 0.25) is 0 Å². The van der Waals surface area contributed by atoms with Crippen LogP contribution in [-0.2, 0) is 5.75 Å². The molecule has 0 unspecified atom stereocenters. The van der Waals surface area contributed by atoms with E-state index < -0.39 is 0 Å². The van der Waals surface area contributed by atoms with E-state index in [4.69, 9.17) is 0 Å². The molecular weight excluding hydrogens is 358 g/mol. The molecule has 0 aliphatic rings. The van der Waals surface area contributed by atoms with Crippen molar-refractivity contribution in [3.8, 4) is 5.69 Å². The maximum atomic E-state index is 4.33. The van der Waals surface area contributed by atoms with Gasteiger partial charge in [-0.05, 0) is 43.2 Å². The van der Waals surface area contributed by atoms with Crippen molar-refractivity contribution in [3.63, 3.8) is 0 Å². The fraction of sp³-hybridized carbons (Fsp3) is 0.176. The van der Waals surface area contributed by atoms with E-state index in [0.29, 0.717) is 0 Å². The summed E-state index contributed by atoms with van der Waals surface area (Å²) in [5.41, 5.74) is 3.59. The van der Waals surface area contributed by atoms with Gasteiger partial charge in [-0.2, -0.15) is 0 Å². The van der Waals surface area contributed by atoms with Gasteiger partial charge in [0, 0.05) is 15.9 Å². The average Bonchev–Trinajstić information content (AvgIpc) is 2.87. The van der Waals surface area contributed by atoms with Crippen LogP contribution in [0.4, 0.5) is 0 Å². The number of thioether (sulfide) groups is 1. The van der Waals surface area contributed by atoms with Gasteiger partial charge < -0.3 is 0 Å². The standard InChI is InChI=1S/C17H16BrN3S/c1-12-6-5-8-15(10-12)21-13(2)19-20-17(21)22-11-14-7-3-4-9-16(14)18/h3-10H,11H2,1-2H3. The van der Waals surface area contributed by atoms with Crippen molar-refractivity contribution >= 4 is 27.7 Å². The topological polar surface area (TPSA) is 30.7 Å². The lowest BCUT2D eigenvalue weighted by molar-refractivity contribution is 0.867. The van der Waals surface area contributed by atoms with Crippen LogP contribution in [0, 0.1) is 13.8 Å². The Morgan fingerprint density at radius 1 is 1.05 bits per heavy atom. The molecule has 0 bridgehead atoms. The summed E-state index contributed by atoms with van der Waals surface area (Å²) in [7, 11) is 0. The lowest BCUT2D eigenvalue weighted by atomic mass is 10.2. The zero-order valence-electron chi connectivity index (χ0n) is 12.5. The Balaban J connectivity index is 1.88. The molecule has 112 valence electrons. The third-order valence-electron chi connectivity index (χ3n) is 3.37. The van der Waals surface area contributed by atoms with Crippen molar-refractivity contribution in [3.05, 3.63) is 70.0 Å². The van der Waals surface area contributed by atoms with Gasteiger partial charge in [0.05, 0.1) is 0 Å². The number of halogens is 1. The molecule has 3 nitrogen and oxygen atoms in total. The van der Waals surface area contributed by atoms with Crippen LogP contribution in [0.1, 0.15) is 17.0 Å². The average molecular weight is 374 g/mol. The van der Waals surface area contributed by atoms with Crippen molar-refractivity contribution < 1.29 is 0 Å². The number of aromatic nitrogens is 3. The minimum Gasteiger partial charge on any atom is -0.274 e. The maximum Gasteiger partial charge on any atom is 0.196 e. The second-order valence-electron chi connectivity index (χ2n) is 5.08. The quantitative estimate of drug-likeness (QED) is 0.606. The van der Waals surface area contributed by atoms with E-state index in [-0.39, 0.29) is 0 Å². The first kappa shape index (κ1) is 15.3. The summed E-state index contributed by atoms with van der Waals surface area (Å²) in [6.45, 7) is 4.08. The molecule has 22 heavy (non-hydrogen) atoms. The number of aryl methyl sites for hydroxylation is 2. The van der Waals surface area contributed by atoms with Crippen LogP contribution < -0.4 is 0 Å². The van der Waals surface area contributed by atoms with Gasteiger partial charge in [-0.1, -0.05) is 58.0 Å². The molecule has 1 heterocycles. The summed E-state index contributed by atoms with van der Waals surface area (Å²) in [6.07, 6.45) is 0. The van der Waals surface area contributed by atoms with Gasteiger partial charge in [0.2, 0.25) is 0 Å². The normalized spacial score (nSPS) is 10.9. The molecule has 2 aromatic carbocycles. The summed E-state index contributed by atoms with van der Waals surface area (Å²) in [5.74, 6) is 1.76. The van der Waals surface area contributed by atoms with Crippen molar-refractivity contribution in [2.24, 2.45) is 0 Å². The zero-order chi connectivity index (χ0) is 15.5. The number of hydrogen-bond donors (Lipinski definition) is 0. The lowest BCUT2D eigenvalue weighted by Crippen LogP contribution is -1.99. The molecule has 0 spiro atoms. The fourth-order valence-electron chi connectivity index (χ4n) is 2.26. The Morgan fingerprint density at radius 2 is 1.86 bits per heavy atom. The van der Waals surface area contributed by atoms with Crippen LogP contribution in [0.5, 0.6) is 0 Å². The summed E-state index contributed by atoms with van der Waals surface area (Å²) in [4.78, 5) is 0. The molecule has 0 radical (unpaired) electrons. The minimum atomic E-state index is 0.853. The smallest absolute Gasteiger partial charge is 0.196 e. The molecule has 0 atom stereocenters. The van der Waals surface area contributed by atoms with Crippen molar-refractivity contribution in [2.45, 2.75) is 24.8 Å². The summed E-state index contributed by atoms with van der Waals surface area (Å²) >= 11 is 5.29. The molecular formula is C17H16BrN3S. The van der Waals surface area contributed by atoms with Crippen LogP contribution in [0.25, 0.3) is 5.69 Å². The Kier molecular flexibility index (Phi) is 4.64. The fourth-order valence-corrected chi connectivity index (χ4v) is 3.87. The highest BCUT2D eigenvalue weighted by atomic mass is 79.9. The van der Waals surface area contributed by atoms with E-state index in [1.165, 1.54) is 11.1 Å². The first-order valence-corrected chi connectivity index (χ1v) is 8.78. The predicted octanol–water partition coefficient (Wildman–Crippen LogP) is 4.94. The molecule has 5 heteroatoms. The summed E-state index contributed by atoms with van der Waals surface area (Å²) in [6, 6.07) is 16.7. The number of nitrogens with zero attached hydrogens (tertiary/aromatic N) is 3. The first-order valence-electron chi connectivity index (χ1n) is 7.00. The second kappa shape index (κ2) is 6.67. The molecule has 0 saturated heterocycles. The molecule has 0 N–H and O–H groups in total. The van der Waals surface area contributed by atoms with Crippen LogP contribution in [0.3, 0.4) is 0 Å². The van der Waals surface area contributed by atoms with Gasteiger partial charge >= 0.3 is 0 Å². The molecule has 0 amide bonds. The minimum absolute atomic E-state index is 0.853. The molecule has 3 rings (SSSR count). The van der Waals surface area contributed by atoms with E-state index in [9.17, 15) is 0 Å². The highest BCUT2D eigenvalue weighted by molar-refractivity contribution is 9.10. The highest BCUT2D eigenvalue weighted by Gasteiger charge is 2.12. The van der Waals surface area contributed by atoms with E-state index in [1.54, 1.807) is 11.8 Å². The first-order chi connectivity index (χ1) is 10.6. The van der Waals surface area contributed by atoms with E-state index in [2.05, 4.69) is 80.1 Å². The third kappa shape index (κ3) is 3.25. The Bertz CT molecular complexity index is 798. The van der Waals surface area contributed by atoms with E-state index >= 15 is 0 Å². The SMILES string of the molecule is Cc1cccc(-n2c(C)nnc2SCc2ccccc2Br)c1. The third-order valence-corrected chi connectivity index (χ3v) is 5.12. The van der Waals surface area contributed by atoms with Gasteiger partial charge in [0.25, 0.3) is 0 Å².